The van der Waals surface area contributed by atoms with E-state index in [0.29, 0.717) is 0 Å². The lowest BCUT2D eigenvalue weighted by atomic mass is 9.99. The number of ether oxygens (including phenoxy) is 2. The van der Waals surface area contributed by atoms with E-state index in [1.807, 2.05) is 0 Å². The monoisotopic (exact) mass is 498 g/mol. The number of hydrogen-bond acceptors (Lipinski definition) is 7. The second-order valence-corrected chi connectivity index (χ2v) is 10.7. The van der Waals surface area contributed by atoms with Gasteiger partial charge in [-0.25, -0.2) is 17.9 Å². The van der Waals surface area contributed by atoms with E-state index in [1.165, 1.54) is 30.3 Å². The highest BCUT2D eigenvalue weighted by Gasteiger charge is 2.31. The first-order valence-electron chi connectivity index (χ1n) is 9.86. The Morgan fingerprint density at radius 3 is 2.21 bits per heavy atom. The van der Waals surface area contributed by atoms with Gasteiger partial charge in [0.05, 0.1) is 28.1 Å². The molecule has 0 aliphatic heterocycles. The van der Waals surface area contributed by atoms with Crippen molar-refractivity contribution in [3.63, 3.8) is 0 Å². The lowest BCUT2D eigenvalue weighted by Gasteiger charge is -2.18. The average molecular weight is 498 g/mol. The molecule has 0 atom stereocenters. The molecule has 0 amide bonds. The van der Waals surface area contributed by atoms with Gasteiger partial charge in [-0.2, -0.15) is 5.10 Å². The molecule has 0 radical (unpaired) electrons. The van der Waals surface area contributed by atoms with Gasteiger partial charge in [-0.15, -0.1) is 13.2 Å². The summed E-state index contributed by atoms with van der Waals surface area (Å²) in [6.07, 6.45) is -3.98. The van der Waals surface area contributed by atoms with Crippen molar-refractivity contribution >= 4 is 26.7 Å². The van der Waals surface area contributed by atoms with Gasteiger partial charge in [0.1, 0.15) is 5.75 Å². The van der Waals surface area contributed by atoms with Crippen molar-refractivity contribution in [3.8, 4) is 11.4 Å². The van der Waals surface area contributed by atoms with Gasteiger partial charge >= 0.3 is 12.3 Å². The molecular weight excluding hydrogens is 477 g/mol. The van der Waals surface area contributed by atoms with Gasteiger partial charge in [-0.05, 0) is 41.8 Å². The summed E-state index contributed by atoms with van der Waals surface area (Å²) in [6.45, 7) is 5.37. The Kier molecular flexibility index (Phi) is 6.49. The number of carbonyl (C=O) groups excluding carboxylic acids is 1. The molecule has 34 heavy (non-hydrogen) atoms. The number of alkyl halides is 3. The number of esters is 1. The third-order valence-electron chi connectivity index (χ3n) is 4.42. The molecule has 0 aliphatic carbocycles. The molecule has 0 N–H and O–H groups in total. The zero-order valence-corrected chi connectivity index (χ0v) is 19.5. The third kappa shape index (κ3) is 5.74. The molecular formula is C22H21F3N2O6S. The number of aromatic nitrogens is 2. The summed E-state index contributed by atoms with van der Waals surface area (Å²) in [5.41, 5.74) is -1.84. The minimum absolute atomic E-state index is 0.0322. The Hall–Kier alpha value is -3.41. The second kappa shape index (κ2) is 8.75. The molecule has 0 spiro atoms. The standard InChI is InChI=1S/C22H21F3N2O6S/c1-21(2,3)12-32-20(29)18-19(28)17-15(6-5-7-16(17)34(4,30)31)27(26-18)13-8-10-14(11-9-13)33-22(23,24)25/h5-11H,12H2,1-4H3. The summed E-state index contributed by atoms with van der Waals surface area (Å²) in [7, 11) is -3.89. The molecule has 1 heterocycles. The van der Waals surface area contributed by atoms with E-state index in [9.17, 15) is 31.2 Å². The molecule has 8 nitrogen and oxygen atoms in total. The van der Waals surface area contributed by atoms with Gasteiger partial charge in [0.2, 0.25) is 11.1 Å². The highest BCUT2D eigenvalue weighted by Crippen LogP contribution is 2.26. The highest BCUT2D eigenvalue weighted by atomic mass is 32.2. The molecule has 3 rings (SSSR count). The minimum atomic E-state index is -4.89. The summed E-state index contributed by atoms with van der Waals surface area (Å²) in [6, 6.07) is 8.48. The van der Waals surface area contributed by atoms with E-state index in [2.05, 4.69) is 9.84 Å². The Bertz CT molecular complexity index is 1410. The van der Waals surface area contributed by atoms with Crippen LogP contribution < -0.4 is 10.2 Å². The second-order valence-electron chi connectivity index (χ2n) is 8.69. The van der Waals surface area contributed by atoms with E-state index < -0.39 is 44.5 Å². The molecule has 182 valence electrons. The molecule has 12 heteroatoms. The van der Waals surface area contributed by atoms with Crippen LogP contribution >= 0.6 is 0 Å². The number of halogens is 3. The number of nitrogens with zero attached hydrogens (tertiary/aromatic N) is 2. The number of benzene rings is 2. The number of carbonyl (C=O) groups is 1. The fourth-order valence-corrected chi connectivity index (χ4v) is 3.91. The number of hydrogen-bond donors (Lipinski definition) is 0. The maximum absolute atomic E-state index is 13.2. The van der Waals surface area contributed by atoms with Crippen LogP contribution in [0.3, 0.4) is 0 Å². The fraction of sp³-hybridized carbons (Fsp3) is 0.318. The summed E-state index contributed by atoms with van der Waals surface area (Å²) >= 11 is 0. The summed E-state index contributed by atoms with van der Waals surface area (Å²) in [5, 5.41) is 3.78. The summed E-state index contributed by atoms with van der Waals surface area (Å²) in [4.78, 5) is 25.6. The topological polar surface area (TPSA) is 105 Å². The predicted molar refractivity (Wildman–Crippen MR) is 117 cm³/mol. The van der Waals surface area contributed by atoms with Crippen molar-refractivity contribution in [3.05, 3.63) is 58.4 Å². The normalized spacial score (nSPS) is 12.6. The van der Waals surface area contributed by atoms with Gasteiger partial charge in [0, 0.05) is 6.26 Å². The van der Waals surface area contributed by atoms with Gasteiger partial charge in [0.15, 0.2) is 9.84 Å². The average Bonchev–Trinajstić information content (AvgIpc) is 2.70. The highest BCUT2D eigenvalue weighted by molar-refractivity contribution is 7.91. The molecule has 1 aromatic heterocycles. The zero-order valence-electron chi connectivity index (χ0n) is 18.6. The SMILES string of the molecule is CC(C)(C)COC(=O)c1nn(-c2ccc(OC(F)(F)F)cc2)c2cccc(S(C)(=O)=O)c2c1=O. The van der Waals surface area contributed by atoms with E-state index in [-0.39, 0.29) is 28.1 Å². The zero-order chi connectivity index (χ0) is 25.5. The molecule has 0 unspecified atom stereocenters. The van der Waals surface area contributed by atoms with Gasteiger partial charge in [-0.1, -0.05) is 26.8 Å². The lowest BCUT2D eigenvalue weighted by molar-refractivity contribution is -0.274. The maximum Gasteiger partial charge on any atom is 0.573 e. The minimum Gasteiger partial charge on any atom is -0.460 e. The molecule has 3 aromatic rings. The van der Waals surface area contributed by atoms with Crippen LogP contribution in [0.4, 0.5) is 13.2 Å². The Labute approximate surface area is 192 Å². The van der Waals surface area contributed by atoms with Crippen molar-refractivity contribution in [2.45, 2.75) is 32.0 Å². The first kappa shape index (κ1) is 25.2. The van der Waals surface area contributed by atoms with Crippen molar-refractivity contribution in [1.29, 1.82) is 0 Å². The molecule has 0 fully saturated rings. The van der Waals surface area contributed by atoms with Gasteiger partial charge < -0.3 is 9.47 Å². The van der Waals surface area contributed by atoms with Crippen molar-refractivity contribution in [2.24, 2.45) is 5.41 Å². The third-order valence-corrected chi connectivity index (χ3v) is 5.56. The first-order valence-corrected chi connectivity index (χ1v) is 11.8. The van der Waals surface area contributed by atoms with Crippen molar-refractivity contribution in [2.75, 3.05) is 12.9 Å². The Morgan fingerprint density at radius 1 is 1.06 bits per heavy atom. The largest absolute Gasteiger partial charge is 0.573 e. The first-order chi connectivity index (χ1) is 15.6. The van der Waals surface area contributed by atoms with Crippen LogP contribution in [-0.4, -0.2) is 43.4 Å². The van der Waals surface area contributed by atoms with Gasteiger partial charge in [-0.3, -0.25) is 4.79 Å². The Balaban J connectivity index is 2.26. The summed E-state index contributed by atoms with van der Waals surface area (Å²) in [5.74, 6) is -1.56. The predicted octanol–water partition coefficient (Wildman–Crippen LogP) is 3.89. The van der Waals surface area contributed by atoms with Crippen LogP contribution in [0, 0.1) is 5.41 Å². The smallest absolute Gasteiger partial charge is 0.460 e. The van der Waals surface area contributed by atoms with Crippen molar-refractivity contribution in [1.82, 2.24) is 9.78 Å². The number of rotatable bonds is 5. The van der Waals surface area contributed by atoms with Crippen LogP contribution in [0.15, 0.2) is 52.2 Å². The van der Waals surface area contributed by atoms with E-state index >= 15 is 0 Å². The van der Waals surface area contributed by atoms with E-state index in [0.717, 1.165) is 23.1 Å². The Morgan fingerprint density at radius 2 is 1.68 bits per heavy atom. The maximum atomic E-state index is 13.2. The van der Waals surface area contributed by atoms with E-state index in [1.54, 1.807) is 20.8 Å². The van der Waals surface area contributed by atoms with Crippen LogP contribution in [-0.2, 0) is 14.6 Å². The van der Waals surface area contributed by atoms with Crippen LogP contribution in [0.5, 0.6) is 5.75 Å². The van der Waals surface area contributed by atoms with Crippen molar-refractivity contribution < 1.29 is 35.9 Å². The fourth-order valence-electron chi connectivity index (χ4n) is 3.02. The number of fused-ring (bicyclic) bond motifs is 1. The van der Waals surface area contributed by atoms with Gasteiger partial charge in [0.25, 0.3) is 0 Å². The quantitative estimate of drug-likeness (QED) is 0.492. The molecule has 0 aliphatic rings. The van der Waals surface area contributed by atoms with Crippen LogP contribution in [0.25, 0.3) is 16.6 Å². The lowest BCUT2D eigenvalue weighted by Crippen LogP contribution is -2.27. The summed E-state index contributed by atoms with van der Waals surface area (Å²) < 4.78 is 72.3. The molecule has 2 aromatic carbocycles. The van der Waals surface area contributed by atoms with Crippen LogP contribution in [0.1, 0.15) is 31.3 Å². The molecule has 0 saturated carbocycles. The van der Waals surface area contributed by atoms with E-state index in [4.69, 9.17) is 4.74 Å². The van der Waals surface area contributed by atoms with Crippen LogP contribution in [0.2, 0.25) is 0 Å². The molecule has 0 bridgehead atoms. The number of sulfone groups is 1. The molecule has 0 saturated heterocycles.